The second-order valence-corrected chi connectivity index (χ2v) is 7.68. The number of amides is 2. The van der Waals surface area contributed by atoms with Gasteiger partial charge in [0.2, 0.25) is 10.9 Å². The topological polar surface area (TPSA) is 148 Å². The largest absolute Gasteiger partial charge is 0.573 e. The van der Waals surface area contributed by atoms with Gasteiger partial charge in [0.1, 0.15) is 11.3 Å². The summed E-state index contributed by atoms with van der Waals surface area (Å²) in [4.78, 5) is 32.7. The molecule has 38 heavy (non-hydrogen) atoms. The van der Waals surface area contributed by atoms with Crippen LogP contribution < -0.4 is 20.3 Å². The summed E-state index contributed by atoms with van der Waals surface area (Å²) in [6.45, 7) is 1.76. The minimum atomic E-state index is -4.86. The van der Waals surface area contributed by atoms with Crippen LogP contribution in [0.25, 0.3) is 5.69 Å². The molecule has 0 aliphatic heterocycles. The van der Waals surface area contributed by atoms with Gasteiger partial charge >= 0.3 is 6.36 Å². The summed E-state index contributed by atoms with van der Waals surface area (Å²) in [7, 11) is 0. The number of ether oxygens (including phenoxy) is 1. The van der Waals surface area contributed by atoms with Gasteiger partial charge < -0.3 is 4.74 Å². The van der Waals surface area contributed by atoms with Crippen molar-refractivity contribution in [3.63, 3.8) is 0 Å². The van der Waals surface area contributed by atoms with Gasteiger partial charge in [0, 0.05) is 11.1 Å². The van der Waals surface area contributed by atoms with E-state index in [1.54, 1.807) is 31.2 Å². The van der Waals surface area contributed by atoms with Crippen LogP contribution in [0.2, 0.25) is 0 Å². The summed E-state index contributed by atoms with van der Waals surface area (Å²) in [5.74, 6) is -1.82. The van der Waals surface area contributed by atoms with Crippen LogP contribution in [0, 0.1) is 12.5 Å². The van der Waals surface area contributed by atoms with Crippen molar-refractivity contribution >= 4 is 29.4 Å². The highest BCUT2D eigenvalue weighted by atomic mass is 19.4. The number of aryl methyl sites for hydroxylation is 1. The summed E-state index contributed by atoms with van der Waals surface area (Å²) in [5, 5.41) is 12.9. The Morgan fingerprint density at radius 2 is 1.66 bits per heavy atom. The van der Waals surface area contributed by atoms with Crippen LogP contribution in [-0.4, -0.2) is 32.9 Å². The first-order valence-electron chi connectivity index (χ1n) is 10.8. The quantitative estimate of drug-likeness (QED) is 0.226. The van der Waals surface area contributed by atoms with Crippen molar-refractivity contribution in [2.75, 3.05) is 10.6 Å². The van der Waals surface area contributed by atoms with Crippen molar-refractivity contribution in [1.82, 2.24) is 19.7 Å². The second kappa shape index (κ2) is 10.7. The molecule has 192 valence electrons. The molecule has 0 unspecified atom stereocenters. The third-order valence-corrected chi connectivity index (χ3v) is 5.06. The maximum Gasteiger partial charge on any atom is 0.573 e. The number of hydrogen-bond acceptors (Lipinski definition) is 7. The third kappa shape index (κ3) is 6.25. The van der Waals surface area contributed by atoms with Gasteiger partial charge in [-0.2, -0.15) is 9.67 Å². The number of aromatic nitrogens is 3. The highest BCUT2D eigenvalue weighted by Gasteiger charge is 2.31. The third-order valence-electron chi connectivity index (χ3n) is 5.06. The number of rotatable bonds is 7. The summed E-state index contributed by atoms with van der Waals surface area (Å²) in [5.41, 5.74) is 8.67. The van der Waals surface area contributed by atoms with Crippen molar-refractivity contribution in [2.24, 2.45) is 5.11 Å². The lowest BCUT2D eigenvalue weighted by atomic mass is 10.1. The zero-order valence-corrected chi connectivity index (χ0v) is 19.5. The minimum Gasteiger partial charge on any atom is -0.406 e. The van der Waals surface area contributed by atoms with Crippen LogP contribution in [0.4, 0.5) is 30.8 Å². The highest BCUT2D eigenvalue weighted by molar-refractivity contribution is 6.05. The molecule has 2 amide bonds. The van der Waals surface area contributed by atoms with Crippen molar-refractivity contribution in [2.45, 2.75) is 13.3 Å². The molecule has 1 aromatic heterocycles. The van der Waals surface area contributed by atoms with Gasteiger partial charge in [-0.1, -0.05) is 18.2 Å². The Labute approximate surface area is 212 Å². The van der Waals surface area contributed by atoms with Crippen molar-refractivity contribution in [1.29, 1.82) is 5.53 Å². The van der Waals surface area contributed by atoms with Gasteiger partial charge in [0.05, 0.1) is 5.69 Å². The van der Waals surface area contributed by atoms with Gasteiger partial charge in [0.15, 0.2) is 10.8 Å². The van der Waals surface area contributed by atoms with E-state index in [1.807, 2.05) is 0 Å². The normalized spacial score (nSPS) is 10.8. The lowest BCUT2D eigenvalue weighted by Crippen LogP contribution is -2.17. The van der Waals surface area contributed by atoms with Gasteiger partial charge in [0.25, 0.3) is 17.8 Å². The highest BCUT2D eigenvalue weighted by Crippen LogP contribution is 2.25. The Balaban J connectivity index is 1.65. The van der Waals surface area contributed by atoms with E-state index >= 15 is 0 Å². The number of carbonyl (C=O) groups excluding carboxylic acids is 2. The number of carbonyl (C=O) groups is 2. The van der Waals surface area contributed by atoms with Crippen LogP contribution in [0.3, 0.4) is 0 Å². The summed E-state index contributed by atoms with van der Waals surface area (Å²) in [6, 6.07) is 17.4. The average Bonchev–Trinajstić information content (AvgIpc) is 3.26. The molecule has 0 saturated heterocycles. The molecule has 0 aliphatic rings. The fourth-order valence-corrected chi connectivity index (χ4v) is 3.32. The molecule has 0 spiro atoms. The molecule has 3 aromatic carbocycles. The molecule has 0 fully saturated rings. The molecular formula is C24H18F3N8O3+. The van der Waals surface area contributed by atoms with Gasteiger partial charge in [-0.25, -0.2) is 0 Å². The van der Waals surface area contributed by atoms with E-state index in [9.17, 15) is 22.8 Å². The van der Waals surface area contributed by atoms with E-state index in [4.69, 9.17) is 5.53 Å². The molecule has 0 radical (unpaired) electrons. The summed E-state index contributed by atoms with van der Waals surface area (Å²) < 4.78 is 42.6. The monoisotopic (exact) mass is 523 g/mol. The second-order valence-electron chi connectivity index (χ2n) is 7.68. The number of nitrogens with zero attached hydrogens (tertiary/aromatic N) is 5. The molecule has 4 aromatic rings. The van der Waals surface area contributed by atoms with Crippen LogP contribution in [-0.2, 0) is 0 Å². The lowest BCUT2D eigenvalue weighted by molar-refractivity contribution is -0.274. The Morgan fingerprint density at radius 3 is 2.29 bits per heavy atom. The van der Waals surface area contributed by atoms with Crippen LogP contribution in [0.5, 0.6) is 5.75 Å². The molecule has 0 bridgehead atoms. The Kier molecular flexibility index (Phi) is 7.26. The van der Waals surface area contributed by atoms with Crippen molar-refractivity contribution in [3.05, 3.63) is 89.5 Å². The van der Waals surface area contributed by atoms with E-state index in [2.05, 4.69) is 35.5 Å². The molecule has 0 saturated carbocycles. The molecule has 0 aliphatic carbocycles. The number of alkyl halides is 3. The fraction of sp³-hybridized carbons (Fsp3) is 0.0833. The molecular weight excluding hydrogens is 505 g/mol. The fourth-order valence-electron chi connectivity index (χ4n) is 3.32. The first-order valence-corrected chi connectivity index (χ1v) is 10.8. The Morgan fingerprint density at radius 1 is 0.974 bits per heavy atom. The van der Waals surface area contributed by atoms with Crippen molar-refractivity contribution < 1.29 is 27.5 Å². The number of anilines is 2. The molecule has 4 rings (SSSR count). The van der Waals surface area contributed by atoms with E-state index in [-0.39, 0.29) is 23.1 Å². The van der Waals surface area contributed by atoms with Gasteiger partial charge in [-0.05, 0) is 67.1 Å². The number of halogens is 3. The predicted octanol–water partition coefficient (Wildman–Crippen LogP) is 5.16. The standard InChI is InChI=1S/C24H17F3N8O3/c1-14-4-2-3-5-19(14)21(37)29-22-31-23(30-20(36)15-6-8-16(9-7-15)32-34-28)35(33-22)17-10-12-18(13-11-17)38-24(25,26)27/h2-13H,1H3,(H2-,28,29,30,31,32,33,36,37)/p+1. The van der Waals surface area contributed by atoms with E-state index in [0.29, 0.717) is 16.8 Å². The van der Waals surface area contributed by atoms with E-state index < -0.39 is 23.9 Å². The van der Waals surface area contributed by atoms with Crippen molar-refractivity contribution in [3.8, 4) is 11.4 Å². The number of hydrogen-bond donors (Lipinski definition) is 3. The van der Waals surface area contributed by atoms with E-state index in [0.717, 1.165) is 16.8 Å². The first-order chi connectivity index (χ1) is 18.1. The molecule has 1 heterocycles. The zero-order valence-electron chi connectivity index (χ0n) is 19.5. The maximum absolute atomic E-state index is 12.9. The number of benzene rings is 3. The summed E-state index contributed by atoms with van der Waals surface area (Å²) >= 11 is 0. The van der Waals surface area contributed by atoms with Crippen LogP contribution >= 0.6 is 0 Å². The van der Waals surface area contributed by atoms with E-state index in [1.165, 1.54) is 36.4 Å². The molecule has 14 heteroatoms. The zero-order chi connectivity index (χ0) is 27.3. The Bertz CT molecular complexity index is 1530. The maximum atomic E-state index is 12.9. The number of nitrogens with one attached hydrogen (secondary N) is 3. The van der Waals surface area contributed by atoms with Gasteiger partial charge in [-0.15, -0.1) is 18.3 Å². The first kappa shape index (κ1) is 25.7. The van der Waals surface area contributed by atoms with Gasteiger partial charge in [-0.3, -0.25) is 20.2 Å². The SMILES string of the molecule is Cc1ccccc1C(=O)Nc1nc(NC(=O)c2ccc(N=[N+]=N)cc2)n(-c2ccc(OC(F)(F)F)cc2)n1. The van der Waals surface area contributed by atoms with Crippen LogP contribution in [0.15, 0.2) is 77.9 Å². The smallest absolute Gasteiger partial charge is 0.406 e. The lowest BCUT2D eigenvalue weighted by Gasteiger charge is -2.10. The predicted molar refractivity (Wildman–Crippen MR) is 129 cm³/mol. The average molecular weight is 523 g/mol. The van der Waals surface area contributed by atoms with Crippen LogP contribution in [0.1, 0.15) is 26.3 Å². The summed E-state index contributed by atoms with van der Waals surface area (Å²) in [6.07, 6.45) is -4.86. The molecule has 11 nitrogen and oxygen atoms in total. The Hall–Kier alpha value is -5.36. The molecule has 0 atom stereocenters. The molecule has 3 N–H and O–H groups in total. The minimum absolute atomic E-state index is 0.116.